The molecule has 5 heteroatoms. The Balaban J connectivity index is 3.07. The summed E-state index contributed by atoms with van der Waals surface area (Å²) >= 11 is 6.32. The summed E-state index contributed by atoms with van der Waals surface area (Å²) in [5.41, 5.74) is 0.658. The molecule has 1 rings (SSSR count). The highest BCUT2D eigenvalue weighted by molar-refractivity contribution is 6.73. The molecule has 2 nitrogen and oxygen atoms in total. The fourth-order valence-electron chi connectivity index (χ4n) is 2.90. The molecule has 1 N–H and O–H groups in total. The Hall–Kier alpha value is -0.423. The standard InChI is InChI=1S/C19H33ClFNOSi/c1-7-24(8-2,9-3)23-17(13-22-14-19(4,5)6)18-15(20)11-10-12-16(18)21/h10-12,17,22H,7-9,13-14H2,1-6H3. The van der Waals surface area contributed by atoms with E-state index in [0.29, 0.717) is 17.1 Å². The first-order valence-corrected chi connectivity index (χ1v) is 11.9. The molecule has 1 atom stereocenters. The number of rotatable bonds is 9. The van der Waals surface area contributed by atoms with E-state index in [1.807, 2.05) is 0 Å². The third-order valence-electron chi connectivity index (χ3n) is 4.63. The van der Waals surface area contributed by atoms with Crippen molar-refractivity contribution in [2.75, 3.05) is 13.1 Å². The zero-order valence-corrected chi connectivity index (χ0v) is 17.8. The van der Waals surface area contributed by atoms with Crippen LogP contribution in [0.15, 0.2) is 18.2 Å². The third kappa shape index (κ3) is 6.14. The Morgan fingerprint density at radius 1 is 1.17 bits per heavy atom. The van der Waals surface area contributed by atoms with Gasteiger partial charge in [-0.2, -0.15) is 0 Å². The minimum atomic E-state index is -1.87. The zero-order valence-electron chi connectivity index (χ0n) is 16.0. The summed E-state index contributed by atoms with van der Waals surface area (Å²) in [7, 11) is -1.87. The zero-order chi connectivity index (χ0) is 18.4. The van der Waals surface area contributed by atoms with Crippen molar-refractivity contribution >= 4 is 19.9 Å². The number of halogens is 2. The predicted molar refractivity (Wildman–Crippen MR) is 105 cm³/mol. The average molecular weight is 374 g/mol. The van der Waals surface area contributed by atoms with Gasteiger partial charge in [0.05, 0.1) is 6.10 Å². The van der Waals surface area contributed by atoms with Gasteiger partial charge in [-0.05, 0) is 35.7 Å². The van der Waals surface area contributed by atoms with Crippen molar-refractivity contribution < 1.29 is 8.82 Å². The second kappa shape index (κ2) is 9.32. The Morgan fingerprint density at radius 3 is 2.21 bits per heavy atom. The first-order chi connectivity index (χ1) is 11.2. The van der Waals surface area contributed by atoms with E-state index in [0.717, 1.165) is 24.7 Å². The maximum atomic E-state index is 14.5. The summed E-state index contributed by atoms with van der Waals surface area (Å²) in [6.45, 7) is 14.5. The fourth-order valence-corrected chi connectivity index (χ4v) is 5.99. The van der Waals surface area contributed by atoms with Gasteiger partial charge in [0.15, 0.2) is 8.32 Å². The molecule has 1 unspecified atom stereocenters. The molecule has 138 valence electrons. The third-order valence-corrected chi connectivity index (χ3v) is 9.61. The maximum absolute atomic E-state index is 14.5. The topological polar surface area (TPSA) is 21.3 Å². The smallest absolute Gasteiger partial charge is 0.192 e. The molecule has 0 aliphatic rings. The lowest BCUT2D eigenvalue weighted by molar-refractivity contribution is 0.176. The molecule has 0 aliphatic carbocycles. The lowest BCUT2D eigenvalue weighted by Crippen LogP contribution is -2.41. The molecule has 0 spiro atoms. The number of hydrogen-bond donors (Lipinski definition) is 1. The minimum absolute atomic E-state index is 0.165. The monoisotopic (exact) mass is 373 g/mol. The van der Waals surface area contributed by atoms with E-state index in [4.69, 9.17) is 16.0 Å². The van der Waals surface area contributed by atoms with Crippen LogP contribution in [-0.2, 0) is 4.43 Å². The molecular weight excluding hydrogens is 341 g/mol. The van der Waals surface area contributed by atoms with Gasteiger partial charge in [-0.25, -0.2) is 4.39 Å². The summed E-state index contributed by atoms with van der Waals surface area (Å²) in [5.74, 6) is -0.281. The molecular formula is C19H33ClFNOSi. The Bertz CT molecular complexity index is 486. The Morgan fingerprint density at radius 2 is 1.75 bits per heavy atom. The summed E-state index contributed by atoms with van der Waals surface area (Å²) in [6.07, 6.45) is -0.340. The lowest BCUT2D eigenvalue weighted by atomic mass is 9.97. The normalized spacial score (nSPS) is 14.0. The lowest BCUT2D eigenvalue weighted by Gasteiger charge is -2.34. The molecule has 0 radical (unpaired) electrons. The van der Waals surface area contributed by atoms with Crippen molar-refractivity contribution in [1.29, 1.82) is 0 Å². The van der Waals surface area contributed by atoms with Crippen molar-refractivity contribution in [3.8, 4) is 0 Å². The summed E-state index contributed by atoms with van der Waals surface area (Å²) < 4.78 is 21.1. The highest BCUT2D eigenvalue weighted by Crippen LogP contribution is 2.34. The van der Waals surface area contributed by atoms with Gasteiger partial charge in [-0.1, -0.05) is 59.2 Å². The molecule has 0 aliphatic heterocycles. The fraction of sp³-hybridized carbons (Fsp3) is 0.684. The second-order valence-electron chi connectivity index (χ2n) is 7.68. The van der Waals surface area contributed by atoms with Crippen molar-refractivity contribution in [2.24, 2.45) is 5.41 Å². The number of nitrogens with one attached hydrogen (secondary N) is 1. The van der Waals surface area contributed by atoms with Crippen molar-refractivity contribution in [3.05, 3.63) is 34.6 Å². The van der Waals surface area contributed by atoms with E-state index >= 15 is 0 Å². The molecule has 0 bridgehead atoms. The van der Waals surface area contributed by atoms with Gasteiger partial charge < -0.3 is 9.74 Å². The van der Waals surface area contributed by atoms with E-state index in [9.17, 15) is 4.39 Å². The van der Waals surface area contributed by atoms with Crippen LogP contribution in [0.3, 0.4) is 0 Å². The highest BCUT2D eigenvalue weighted by Gasteiger charge is 2.34. The predicted octanol–water partition coefficient (Wildman–Crippen LogP) is 6.18. The van der Waals surface area contributed by atoms with E-state index in [1.54, 1.807) is 12.1 Å². The van der Waals surface area contributed by atoms with Crippen LogP contribution < -0.4 is 5.32 Å². The van der Waals surface area contributed by atoms with E-state index in [1.165, 1.54) is 6.07 Å². The van der Waals surface area contributed by atoms with Gasteiger partial charge in [0.2, 0.25) is 0 Å². The van der Waals surface area contributed by atoms with Gasteiger partial charge in [0.25, 0.3) is 0 Å². The van der Waals surface area contributed by atoms with Crippen LogP contribution in [0.5, 0.6) is 0 Å². The minimum Gasteiger partial charge on any atom is -0.408 e. The SMILES string of the molecule is CC[Si](CC)(CC)OC(CNCC(C)(C)C)c1c(F)cccc1Cl. The van der Waals surface area contributed by atoms with E-state index < -0.39 is 8.32 Å². The molecule has 0 amide bonds. The van der Waals surface area contributed by atoms with Gasteiger partial charge in [0, 0.05) is 23.7 Å². The van der Waals surface area contributed by atoms with Crippen LogP contribution in [0.1, 0.15) is 53.2 Å². The molecule has 1 aromatic carbocycles. The van der Waals surface area contributed by atoms with Gasteiger partial charge in [0.1, 0.15) is 5.82 Å². The number of benzene rings is 1. The van der Waals surface area contributed by atoms with Crippen LogP contribution in [-0.4, -0.2) is 21.4 Å². The first-order valence-electron chi connectivity index (χ1n) is 9.00. The summed E-state index contributed by atoms with van der Waals surface area (Å²) in [6, 6.07) is 7.94. The molecule has 0 saturated carbocycles. The van der Waals surface area contributed by atoms with E-state index in [-0.39, 0.29) is 17.3 Å². The summed E-state index contributed by atoms with van der Waals surface area (Å²) in [4.78, 5) is 0. The van der Waals surface area contributed by atoms with Crippen LogP contribution in [0.25, 0.3) is 0 Å². The number of hydrogen-bond acceptors (Lipinski definition) is 2. The van der Waals surface area contributed by atoms with Gasteiger partial charge in [-0.15, -0.1) is 0 Å². The van der Waals surface area contributed by atoms with Crippen LogP contribution in [0.4, 0.5) is 4.39 Å². The second-order valence-corrected chi connectivity index (χ2v) is 12.8. The van der Waals surface area contributed by atoms with Crippen molar-refractivity contribution in [3.63, 3.8) is 0 Å². The molecule has 0 aromatic heterocycles. The molecule has 24 heavy (non-hydrogen) atoms. The van der Waals surface area contributed by atoms with Crippen LogP contribution >= 0.6 is 11.6 Å². The van der Waals surface area contributed by atoms with E-state index in [2.05, 4.69) is 46.9 Å². The van der Waals surface area contributed by atoms with Gasteiger partial charge in [-0.3, -0.25) is 0 Å². The van der Waals surface area contributed by atoms with Crippen LogP contribution in [0.2, 0.25) is 23.2 Å². The Kier molecular flexibility index (Phi) is 8.40. The average Bonchev–Trinajstić information content (AvgIpc) is 2.51. The molecule has 0 saturated heterocycles. The molecule has 1 aromatic rings. The molecule has 0 fully saturated rings. The summed E-state index contributed by atoms with van der Waals surface area (Å²) in [5, 5.41) is 3.89. The molecule has 0 heterocycles. The van der Waals surface area contributed by atoms with Crippen LogP contribution in [0, 0.1) is 11.2 Å². The maximum Gasteiger partial charge on any atom is 0.192 e. The highest BCUT2D eigenvalue weighted by atomic mass is 35.5. The Labute approximate surface area is 153 Å². The van der Waals surface area contributed by atoms with Crippen molar-refractivity contribution in [2.45, 2.75) is 65.8 Å². The largest absolute Gasteiger partial charge is 0.408 e. The van der Waals surface area contributed by atoms with Crippen molar-refractivity contribution in [1.82, 2.24) is 5.32 Å². The van der Waals surface area contributed by atoms with Gasteiger partial charge >= 0.3 is 0 Å². The quantitative estimate of drug-likeness (QED) is 0.522. The first kappa shape index (κ1) is 21.6.